The van der Waals surface area contributed by atoms with Crippen LogP contribution in [0.2, 0.25) is 0 Å². The highest BCUT2D eigenvalue weighted by atomic mass is 35.5. The Morgan fingerprint density at radius 2 is 2.06 bits per heavy atom. The zero-order valence-electron chi connectivity index (χ0n) is 9.45. The third kappa shape index (κ3) is 2.15. The normalized spacial score (nSPS) is 10.2. The van der Waals surface area contributed by atoms with Gasteiger partial charge in [0.15, 0.2) is 0 Å². The summed E-state index contributed by atoms with van der Waals surface area (Å²) in [5.74, 6) is 2.74. The summed E-state index contributed by atoms with van der Waals surface area (Å²) in [6, 6.07) is 5.96. The molecule has 4 heteroatoms. The van der Waals surface area contributed by atoms with Crippen LogP contribution in [-0.4, -0.2) is 13.7 Å². The second-order valence-electron chi connectivity index (χ2n) is 3.53. The predicted molar refractivity (Wildman–Crippen MR) is 67.5 cm³/mol. The average molecular weight is 242 g/mol. The van der Waals surface area contributed by atoms with Crippen LogP contribution >= 0.6 is 12.4 Å². The quantitative estimate of drug-likeness (QED) is 0.899. The van der Waals surface area contributed by atoms with Gasteiger partial charge in [0, 0.05) is 17.2 Å². The molecule has 0 radical (unpaired) electrons. The molecule has 0 saturated carbocycles. The minimum absolute atomic E-state index is 0. The number of furan rings is 1. The van der Waals surface area contributed by atoms with E-state index >= 15 is 0 Å². The van der Waals surface area contributed by atoms with Crippen molar-refractivity contribution in [2.24, 2.45) is 5.73 Å². The molecule has 1 aromatic carbocycles. The molecule has 2 rings (SSSR count). The minimum atomic E-state index is 0. The molecule has 0 spiro atoms. The van der Waals surface area contributed by atoms with E-state index in [1.54, 1.807) is 7.11 Å². The van der Waals surface area contributed by atoms with Gasteiger partial charge in [-0.05, 0) is 31.7 Å². The number of nitrogens with two attached hydrogens (primary N) is 1. The van der Waals surface area contributed by atoms with Crippen LogP contribution in [-0.2, 0) is 6.42 Å². The van der Waals surface area contributed by atoms with E-state index in [0.29, 0.717) is 6.54 Å². The number of hydrogen-bond acceptors (Lipinski definition) is 3. The summed E-state index contributed by atoms with van der Waals surface area (Å²) in [4.78, 5) is 0. The van der Waals surface area contributed by atoms with Crippen molar-refractivity contribution in [1.29, 1.82) is 0 Å². The van der Waals surface area contributed by atoms with Gasteiger partial charge in [0.25, 0.3) is 0 Å². The fourth-order valence-electron chi connectivity index (χ4n) is 1.80. The molecule has 0 aliphatic carbocycles. The Morgan fingerprint density at radius 3 is 2.69 bits per heavy atom. The summed E-state index contributed by atoms with van der Waals surface area (Å²) >= 11 is 0. The highest BCUT2D eigenvalue weighted by molar-refractivity contribution is 5.88. The molecule has 0 saturated heterocycles. The number of hydrogen-bond donors (Lipinski definition) is 1. The number of rotatable bonds is 3. The summed E-state index contributed by atoms with van der Waals surface area (Å²) in [5.41, 5.74) is 5.53. The van der Waals surface area contributed by atoms with Gasteiger partial charge in [0.05, 0.1) is 7.11 Å². The molecule has 2 aromatic rings. The van der Waals surface area contributed by atoms with E-state index in [9.17, 15) is 0 Å². The van der Waals surface area contributed by atoms with E-state index in [4.69, 9.17) is 14.9 Å². The Bertz CT molecular complexity index is 479. The number of benzene rings is 1. The lowest BCUT2D eigenvalue weighted by molar-refractivity contribution is 0.415. The number of halogens is 1. The summed E-state index contributed by atoms with van der Waals surface area (Å²) in [5, 5.41) is 2.25. The number of aryl methyl sites for hydroxylation is 1. The summed E-state index contributed by atoms with van der Waals surface area (Å²) in [7, 11) is 1.66. The number of ether oxygens (including phenoxy) is 1. The van der Waals surface area contributed by atoms with Crippen LogP contribution in [0.15, 0.2) is 22.6 Å². The van der Waals surface area contributed by atoms with E-state index < -0.39 is 0 Å². The van der Waals surface area contributed by atoms with Crippen LogP contribution in [0.5, 0.6) is 5.75 Å². The molecule has 0 aliphatic rings. The summed E-state index contributed by atoms with van der Waals surface area (Å²) in [6.45, 7) is 2.57. The first kappa shape index (κ1) is 12.9. The second kappa shape index (κ2) is 5.23. The maximum absolute atomic E-state index is 5.67. The lowest BCUT2D eigenvalue weighted by atomic mass is 10.1. The maximum Gasteiger partial charge on any atom is 0.119 e. The lowest BCUT2D eigenvalue weighted by Crippen LogP contribution is -2.01. The van der Waals surface area contributed by atoms with Crippen LogP contribution in [0.3, 0.4) is 0 Å². The van der Waals surface area contributed by atoms with Crippen LogP contribution in [0, 0.1) is 6.92 Å². The molecule has 0 aliphatic heterocycles. The maximum atomic E-state index is 5.67. The van der Waals surface area contributed by atoms with Crippen molar-refractivity contribution in [2.45, 2.75) is 13.3 Å². The molecule has 0 bridgehead atoms. The van der Waals surface area contributed by atoms with E-state index in [1.165, 1.54) is 0 Å². The summed E-state index contributed by atoms with van der Waals surface area (Å²) in [6.07, 6.45) is 0.774. The van der Waals surface area contributed by atoms with Crippen LogP contribution < -0.4 is 10.5 Å². The van der Waals surface area contributed by atoms with Crippen molar-refractivity contribution < 1.29 is 9.15 Å². The van der Waals surface area contributed by atoms with E-state index in [-0.39, 0.29) is 12.4 Å². The molecule has 0 amide bonds. The highest BCUT2D eigenvalue weighted by Gasteiger charge is 2.10. The molecule has 88 valence electrons. The lowest BCUT2D eigenvalue weighted by Gasteiger charge is -1.99. The van der Waals surface area contributed by atoms with Gasteiger partial charge >= 0.3 is 0 Å². The van der Waals surface area contributed by atoms with Crippen molar-refractivity contribution in [3.8, 4) is 5.75 Å². The minimum Gasteiger partial charge on any atom is -0.497 e. The third-order valence-corrected chi connectivity index (χ3v) is 2.55. The Balaban J connectivity index is 0.00000128. The van der Waals surface area contributed by atoms with Crippen molar-refractivity contribution in [1.82, 2.24) is 0 Å². The predicted octanol–water partition coefficient (Wildman–Crippen LogP) is 2.67. The van der Waals surface area contributed by atoms with Gasteiger partial charge < -0.3 is 14.9 Å². The highest BCUT2D eigenvalue weighted by Crippen LogP contribution is 2.29. The van der Waals surface area contributed by atoms with Gasteiger partial charge in [-0.1, -0.05) is 0 Å². The number of methoxy groups -OCH3 is 1. The third-order valence-electron chi connectivity index (χ3n) is 2.55. The monoisotopic (exact) mass is 241 g/mol. The Kier molecular flexibility index (Phi) is 4.21. The van der Waals surface area contributed by atoms with Crippen LogP contribution in [0.4, 0.5) is 0 Å². The average Bonchev–Trinajstić information content (AvgIpc) is 2.56. The SMILES string of the molecule is COc1ccc2c(CCN)oc(C)c2c1.Cl. The standard InChI is InChI=1S/C12H15NO2.ClH/c1-8-11-7-9(14-2)3-4-10(11)12(15-8)5-6-13;/h3-4,7H,5-6,13H2,1-2H3;1H. The van der Waals surface area contributed by atoms with Gasteiger partial charge in [0.1, 0.15) is 17.3 Å². The van der Waals surface area contributed by atoms with E-state index in [2.05, 4.69) is 0 Å². The fraction of sp³-hybridized carbons (Fsp3) is 0.333. The largest absolute Gasteiger partial charge is 0.497 e. The molecular formula is C12H16ClNO2. The molecule has 0 atom stereocenters. The molecule has 3 nitrogen and oxygen atoms in total. The Morgan fingerprint density at radius 1 is 1.31 bits per heavy atom. The van der Waals surface area contributed by atoms with Gasteiger partial charge in [-0.2, -0.15) is 0 Å². The van der Waals surface area contributed by atoms with Crippen LogP contribution in [0.1, 0.15) is 11.5 Å². The first-order chi connectivity index (χ1) is 7.26. The molecule has 1 aromatic heterocycles. The van der Waals surface area contributed by atoms with Gasteiger partial charge in [0.2, 0.25) is 0 Å². The van der Waals surface area contributed by atoms with Gasteiger partial charge in [-0.25, -0.2) is 0 Å². The molecule has 0 unspecified atom stereocenters. The fourth-order valence-corrected chi connectivity index (χ4v) is 1.80. The first-order valence-electron chi connectivity index (χ1n) is 5.02. The molecule has 2 N–H and O–H groups in total. The molecule has 16 heavy (non-hydrogen) atoms. The zero-order valence-corrected chi connectivity index (χ0v) is 10.3. The summed E-state index contributed by atoms with van der Waals surface area (Å²) < 4.78 is 10.8. The van der Waals surface area contributed by atoms with Gasteiger partial charge in [-0.3, -0.25) is 0 Å². The molecular weight excluding hydrogens is 226 g/mol. The van der Waals surface area contributed by atoms with Crippen molar-refractivity contribution in [2.75, 3.05) is 13.7 Å². The van der Waals surface area contributed by atoms with E-state index in [1.807, 2.05) is 25.1 Å². The Labute approximate surface area is 101 Å². The Hall–Kier alpha value is -1.19. The topological polar surface area (TPSA) is 48.4 Å². The van der Waals surface area contributed by atoms with Crippen LogP contribution in [0.25, 0.3) is 10.8 Å². The van der Waals surface area contributed by atoms with Crippen molar-refractivity contribution >= 4 is 23.2 Å². The molecule has 1 heterocycles. The second-order valence-corrected chi connectivity index (χ2v) is 3.53. The smallest absolute Gasteiger partial charge is 0.119 e. The number of fused-ring (bicyclic) bond motifs is 1. The van der Waals surface area contributed by atoms with Crippen molar-refractivity contribution in [3.05, 3.63) is 29.7 Å². The first-order valence-corrected chi connectivity index (χ1v) is 5.02. The van der Waals surface area contributed by atoms with Crippen molar-refractivity contribution in [3.63, 3.8) is 0 Å². The molecule has 0 fully saturated rings. The van der Waals surface area contributed by atoms with E-state index in [0.717, 1.165) is 34.5 Å². The van der Waals surface area contributed by atoms with Gasteiger partial charge in [-0.15, -0.1) is 12.4 Å². The zero-order chi connectivity index (χ0) is 10.8.